The Morgan fingerprint density at radius 1 is 1.42 bits per heavy atom. The van der Waals surface area contributed by atoms with Gasteiger partial charge in [-0.05, 0) is 25.7 Å². The minimum atomic E-state index is -0.260. The summed E-state index contributed by atoms with van der Waals surface area (Å²) in [6, 6.07) is 2.30. The van der Waals surface area contributed by atoms with Gasteiger partial charge in [-0.2, -0.15) is 0 Å². The quantitative estimate of drug-likeness (QED) is 0.594. The normalized spacial score (nSPS) is 16.0. The molecule has 0 saturated carbocycles. The van der Waals surface area contributed by atoms with Gasteiger partial charge in [0, 0.05) is 38.2 Å². The first kappa shape index (κ1) is 20.1. The van der Waals surface area contributed by atoms with Crippen LogP contribution in [0.2, 0.25) is 0 Å². The number of ether oxygens (including phenoxy) is 1. The predicted octanol–water partition coefficient (Wildman–Crippen LogP) is 2.47. The number of hydrogen-bond donors (Lipinski definition) is 2. The number of amides is 1. The summed E-state index contributed by atoms with van der Waals surface area (Å²) in [7, 11) is 3.16. The van der Waals surface area contributed by atoms with Gasteiger partial charge >= 0.3 is 6.09 Å². The molecule has 1 aromatic rings. The number of carbonyl (C=O) groups is 1. The second-order valence-electron chi connectivity index (χ2n) is 6.53. The van der Waals surface area contributed by atoms with E-state index in [1.807, 2.05) is 6.07 Å². The van der Waals surface area contributed by atoms with Gasteiger partial charge in [-0.15, -0.1) is 0 Å². The summed E-state index contributed by atoms with van der Waals surface area (Å²) in [5.41, 5.74) is 1.02. The van der Waals surface area contributed by atoms with Crippen molar-refractivity contribution in [3.63, 3.8) is 0 Å². The molecule has 8 heteroatoms. The van der Waals surface area contributed by atoms with E-state index >= 15 is 0 Å². The third-order valence-corrected chi connectivity index (χ3v) is 4.90. The molecule has 1 aromatic heterocycles. The molecular formula is C18H31N5O3. The maximum absolute atomic E-state index is 11.5. The Hall–Kier alpha value is -2.25. The van der Waals surface area contributed by atoms with Crippen LogP contribution in [0.25, 0.3) is 0 Å². The van der Waals surface area contributed by atoms with Gasteiger partial charge in [0.25, 0.3) is 0 Å². The van der Waals surface area contributed by atoms with Crippen LogP contribution in [0.5, 0.6) is 0 Å². The topological polar surface area (TPSA) is 92.0 Å². The van der Waals surface area contributed by atoms with Crippen molar-refractivity contribution in [2.75, 3.05) is 27.2 Å². The van der Waals surface area contributed by atoms with Gasteiger partial charge in [0.1, 0.15) is 0 Å². The predicted molar refractivity (Wildman–Crippen MR) is 100 cm³/mol. The highest BCUT2D eigenvalue weighted by molar-refractivity contribution is 5.79. The monoisotopic (exact) mass is 365 g/mol. The van der Waals surface area contributed by atoms with E-state index in [4.69, 9.17) is 9.26 Å². The highest BCUT2D eigenvalue weighted by atomic mass is 16.5. The molecule has 146 valence electrons. The van der Waals surface area contributed by atoms with Crippen LogP contribution in [0.4, 0.5) is 4.79 Å². The fraction of sp³-hybridized carbons (Fsp3) is 0.722. The van der Waals surface area contributed by atoms with E-state index in [9.17, 15) is 4.79 Å². The molecule has 1 aliphatic rings. The Balaban J connectivity index is 1.79. The molecule has 2 heterocycles. The third-order valence-electron chi connectivity index (χ3n) is 4.90. The smallest absolute Gasteiger partial charge is 0.409 e. The molecule has 0 radical (unpaired) electrons. The molecule has 2 N–H and O–H groups in total. The maximum Gasteiger partial charge on any atom is 0.409 e. The summed E-state index contributed by atoms with van der Waals surface area (Å²) >= 11 is 0. The zero-order chi connectivity index (χ0) is 18.9. The summed E-state index contributed by atoms with van der Waals surface area (Å²) in [5.74, 6) is 1.97. The number of carbonyl (C=O) groups excluding carboxylic acids is 1. The van der Waals surface area contributed by atoms with Crippen LogP contribution >= 0.6 is 0 Å². The van der Waals surface area contributed by atoms with E-state index in [1.54, 1.807) is 11.9 Å². The van der Waals surface area contributed by atoms with Crippen LogP contribution in [0, 0.1) is 0 Å². The molecule has 0 spiro atoms. The SMILES string of the molecule is CCC(CC)c1cc(CNC(=NC)NC2CCN(C(=O)OC)CC2)on1. The number of nitrogens with one attached hydrogen (secondary N) is 2. The summed E-state index contributed by atoms with van der Waals surface area (Å²) in [6.07, 6.45) is 3.57. The summed E-state index contributed by atoms with van der Waals surface area (Å²) in [4.78, 5) is 17.5. The molecule has 1 fully saturated rings. The summed E-state index contributed by atoms with van der Waals surface area (Å²) in [6.45, 7) is 6.23. The van der Waals surface area contributed by atoms with Crippen LogP contribution in [-0.4, -0.2) is 55.4 Å². The number of methoxy groups -OCH3 is 1. The van der Waals surface area contributed by atoms with Gasteiger partial charge in [0.05, 0.1) is 19.3 Å². The number of likely N-dealkylation sites (tertiary alicyclic amines) is 1. The Labute approximate surface area is 155 Å². The van der Waals surface area contributed by atoms with Crippen molar-refractivity contribution in [2.24, 2.45) is 4.99 Å². The van der Waals surface area contributed by atoms with Crippen molar-refractivity contribution in [2.45, 2.75) is 58.0 Å². The van der Waals surface area contributed by atoms with Gasteiger partial charge in [0.2, 0.25) is 0 Å². The Kier molecular flexibility index (Phi) is 7.74. The molecule has 0 atom stereocenters. The third kappa shape index (κ3) is 5.37. The van der Waals surface area contributed by atoms with E-state index < -0.39 is 0 Å². The lowest BCUT2D eigenvalue weighted by Gasteiger charge is -2.32. The van der Waals surface area contributed by atoms with Crippen LogP contribution in [-0.2, 0) is 11.3 Å². The molecule has 1 amide bonds. The lowest BCUT2D eigenvalue weighted by molar-refractivity contribution is 0.111. The Morgan fingerprint density at radius 2 is 2.12 bits per heavy atom. The average molecular weight is 365 g/mol. The molecule has 1 saturated heterocycles. The van der Waals surface area contributed by atoms with Crippen LogP contribution < -0.4 is 10.6 Å². The molecule has 0 aliphatic carbocycles. The fourth-order valence-electron chi connectivity index (χ4n) is 3.21. The standard InChI is InChI=1S/C18H31N5O3/c1-5-13(6-2)16-11-15(26-22-16)12-20-17(19-3)21-14-7-9-23(10-8-14)18(24)25-4/h11,13-14H,5-10,12H2,1-4H3,(H2,19,20,21). The molecule has 0 unspecified atom stereocenters. The van der Waals surface area contributed by atoms with Crippen LogP contribution in [0.1, 0.15) is 56.9 Å². The molecule has 0 bridgehead atoms. The van der Waals surface area contributed by atoms with E-state index in [0.717, 1.165) is 43.1 Å². The van der Waals surface area contributed by atoms with Gasteiger partial charge in [-0.3, -0.25) is 4.99 Å². The minimum Gasteiger partial charge on any atom is -0.453 e. The van der Waals surface area contributed by atoms with Crippen molar-refractivity contribution in [3.8, 4) is 0 Å². The molecule has 8 nitrogen and oxygen atoms in total. The van der Waals surface area contributed by atoms with Crippen LogP contribution in [0.15, 0.2) is 15.6 Å². The molecular weight excluding hydrogens is 334 g/mol. The number of guanidine groups is 1. The number of piperidine rings is 1. The van der Waals surface area contributed by atoms with E-state index in [-0.39, 0.29) is 12.1 Å². The second-order valence-corrected chi connectivity index (χ2v) is 6.53. The van der Waals surface area contributed by atoms with Crippen molar-refractivity contribution in [1.82, 2.24) is 20.7 Å². The first-order chi connectivity index (χ1) is 12.6. The van der Waals surface area contributed by atoms with Gasteiger partial charge in [0.15, 0.2) is 11.7 Å². The first-order valence-electron chi connectivity index (χ1n) is 9.36. The van der Waals surface area contributed by atoms with E-state index in [1.165, 1.54) is 7.11 Å². The average Bonchev–Trinajstić information content (AvgIpc) is 3.14. The molecule has 0 aromatic carbocycles. The fourth-order valence-corrected chi connectivity index (χ4v) is 3.21. The Bertz CT molecular complexity index is 589. The number of rotatable bonds is 6. The molecule has 26 heavy (non-hydrogen) atoms. The molecule has 1 aliphatic heterocycles. The number of nitrogens with zero attached hydrogens (tertiary/aromatic N) is 3. The lowest BCUT2D eigenvalue weighted by Crippen LogP contribution is -2.49. The summed E-state index contributed by atoms with van der Waals surface area (Å²) in [5, 5.41) is 10.9. The van der Waals surface area contributed by atoms with E-state index in [0.29, 0.717) is 25.6 Å². The zero-order valence-electron chi connectivity index (χ0n) is 16.2. The van der Waals surface area contributed by atoms with Crippen molar-refractivity contribution >= 4 is 12.1 Å². The summed E-state index contributed by atoms with van der Waals surface area (Å²) < 4.78 is 10.2. The van der Waals surface area contributed by atoms with Gasteiger partial charge < -0.3 is 24.8 Å². The number of aromatic nitrogens is 1. The highest BCUT2D eigenvalue weighted by Crippen LogP contribution is 2.22. The van der Waals surface area contributed by atoms with Gasteiger partial charge in [-0.1, -0.05) is 19.0 Å². The molecule has 2 rings (SSSR count). The minimum absolute atomic E-state index is 0.260. The Morgan fingerprint density at radius 3 is 2.69 bits per heavy atom. The number of hydrogen-bond acceptors (Lipinski definition) is 5. The lowest BCUT2D eigenvalue weighted by atomic mass is 9.99. The second kappa shape index (κ2) is 10.0. The number of aliphatic imine (C=N–C) groups is 1. The zero-order valence-corrected chi connectivity index (χ0v) is 16.2. The maximum atomic E-state index is 11.5. The van der Waals surface area contributed by atoms with Crippen molar-refractivity contribution in [1.29, 1.82) is 0 Å². The van der Waals surface area contributed by atoms with Crippen LogP contribution in [0.3, 0.4) is 0 Å². The van der Waals surface area contributed by atoms with E-state index in [2.05, 4.69) is 34.6 Å². The van der Waals surface area contributed by atoms with Gasteiger partial charge in [-0.25, -0.2) is 4.79 Å². The van der Waals surface area contributed by atoms with Crippen molar-refractivity contribution < 1.29 is 14.1 Å². The first-order valence-corrected chi connectivity index (χ1v) is 9.36. The largest absolute Gasteiger partial charge is 0.453 e. The highest BCUT2D eigenvalue weighted by Gasteiger charge is 2.23. The van der Waals surface area contributed by atoms with Crippen molar-refractivity contribution in [3.05, 3.63) is 17.5 Å².